The van der Waals surface area contributed by atoms with Gasteiger partial charge < -0.3 is 4.90 Å². The third-order valence-electron chi connectivity index (χ3n) is 2.75. The zero-order valence-electron chi connectivity index (χ0n) is 10.9. The van der Waals surface area contributed by atoms with E-state index >= 15 is 0 Å². The van der Waals surface area contributed by atoms with Gasteiger partial charge in [0.15, 0.2) is 0 Å². The number of amides is 1. The summed E-state index contributed by atoms with van der Waals surface area (Å²) in [4.78, 5) is 25.3. The molecular weight excluding hydrogens is 424 g/mol. The molecule has 0 saturated carbocycles. The number of hydrogen-bond acceptors (Lipinski definition) is 4. The number of benzene rings is 1. The zero-order valence-corrected chi connectivity index (χ0v) is 14.9. The van der Waals surface area contributed by atoms with Gasteiger partial charge in [0.05, 0.1) is 17.0 Å². The van der Waals surface area contributed by atoms with Crippen LogP contribution in [0.15, 0.2) is 38.6 Å². The Hall–Kier alpha value is -1.25. The van der Waals surface area contributed by atoms with Crippen molar-refractivity contribution in [2.45, 2.75) is 6.54 Å². The summed E-state index contributed by atoms with van der Waals surface area (Å²) < 4.78 is 1.51. The second kappa shape index (κ2) is 6.67. The number of nitrogens with zero attached hydrogens (tertiary/aromatic N) is 2. The summed E-state index contributed by atoms with van der Waals surface area (Å²) >= 11 is 8.17. The monoisotopic (exact) mass is 432 g/mol. The van der Waals surface area contributed by atoms with Crippen molar-refractivity contribution < 1.29 is 9.72 Å². The van der Waals surface area contributed by atoms with Crippen molar-refractivity contribution in [1.82, 2.24) is 4.90 Å². The molecule has 1 aromatic heterocycles. The molecule has 1 aromatic carbocycles. The van der Waals surface area contributed by atoms with E-state index in [1.165, 1.54) is 23.1 Å². The first-order valence-electron chi connectivity index (χ1n) is 5.81. The minimum atomic E-state index is -0.514. The van der Waals surface area contributed by atoms with E-state index in [4.69, 9.17) is 0 Å². The van der Waals surface area contributed by atoms with Crippen LogP contribution in [0.1, 0.15) is 15.2 Å². The molecule has 110 valence electrons. The summed E-state index contributed by atoms with van der Waals surface area (Å²) in [6.07, 6.45) is 0. The van der Waals surface area contributed by atoms with Crippen LogP contribution in [0.3, 0.4) is 0 Å². The lowest BCUT2D eigenvalue weighted by atomic mass is 10.2. The molecule has 0 atom stereocenters. The van der Waals surface area contributed by atoms with Crippen LogP contribution < -0.4 is 0 Å². The Bertz CT molecular complexity index is 702. The lowest BCUT2D eigenvalue weighted by Gasteiger charge is -2.17. The molecule has 1 amide bonds. The maximum atomic E-state index is 12.4. The zero-order chi connectivity index (χ0) is 15.6. The molecule has 2 rings (SSSR count). The van der Waals surface area contributed by atoms with E-state index in [1.807, 2.05) is 11.4 Å². The molecule has 0 spiro atoms. The smallest absolute Gasteiger partial charge is 0.270 e. The number of nitro groups is 1. The second-order valence-corrected chi connectivity index (χ2v) is 7.08. The van der Waals surface area contributed by atoms with E-state index in [1.54, 1.807) is 18.4 Å². The Balaban J connectivity index is 2.22. The van der Waals surface area contributed by atoms with E-state index in [0.29, 0.717) is 11.0 Å². The van der Waals surface area contributed by atoms with Gasteiger partial charge in [-0.05, 0) is 44.0 Å². The molecule has 1 heterocycles. The van der Waals surface area contributed by atoms with Crippen LogP contribution in [0.4, 0.5) is 5.69 Å². The van der Waals surface area contributed by atoms with Crippen molar-refractivity contribution in [3.05, 3.63) is 59.1 Å². The van der Waals surface area contributed by atoms with Crippen molar-refractivity contribution in [1.29, 1.82) is 0 Å². The lowest BCUT2D eigenvalue weighted by Crippen LogP contribution is -2.26. The van der Waals surface area contributed by atoms with Gasteiger partial charge in [-0.2, -0.15) is 0 Å². The number of carbonyl (C=O) groups is 1. The maximum absolute atomic E-state index is 12.4. The molecule has 0 aliphatic rings. The third-order valence-corrected chi connectivity index (χ3v) is 5.13. The summed E-state index contributed by atoms with van der Waals surface area (Å²) in [5.74, 6) is -0.268. The number of nitro benzene ring substituents is 1. The SMILES string of the molecule is CN(Cc1cc(Br)cs1)C(=O)c1cc([N+](=O)[O-])ccc1Br. The number of thiophene rings is 1. The van der Waals surface area contributed by atoms with Crippen LogP contribution in [0.2, 0.25) is 0 Å². The molecule has 0 fully saturated rings. The summed E-state index contributed by atoms with van der Waals surface area (Å²) in [5, 5.41) is 12.8. The van der Waals surface area contributed by atoms with E-state index in [9.17, 15) is 14.9 Å². The standard InChI is InChI=1S/C13H10Br2N2O3S/c1-16(6-10-4-8(14)7-21-10)13(18)11-5-9(17(19)20)2-3-12(11)15/h2-5,7H,6H2,1H3. The van der Waals surface area contributed by atoms with Gasteiger partial charge in [-0.25, -0.2) is 0 Å². The Morgan fingerprint density at radius 1 is 1.38 bits per heavy atom. The normalized spacial score (nSPS) is 10.4. The first kappa shape index (κ1) is 16.1. The largest absolute Gasteiger partial charge is 0.337 e. The van der Waals surface area contributed by atoms with Crippen molar-refractivity contribution in [2.24, 2.45) is 0 Å². The molecule has 0 aliphatic heterocycles. The molecule has 0 saturated heterocycles. The van der Waals surface area contributed by atoms with E-state index in [0.717, 1.165) is 9.35 Å². The number of hydrogen-bond donors (Lipinski definition) is 0. The Kier molecular flexibility index (Phi) is 5.13. The van der Waals surface area contributed by atoms with Gasteiger partial charge in [-0.15, -0.1) is 11.3 Å². The summed E-state index contributed by atoms with van der Waals surface area (Å²) in [5.41, 5.74) is 0.177. The second-order valence-electron chi connectivity index (χ2n) is 4.31. The van der Waals surface area contributed by atoms with Crippen LogP contribution in [-0.2, 0) is 6.54 Å². The Morgan fingerprint density at radius 2 is 2.10 bits per heavy atom. The Morgan fingerprint density at radius 3 is 2.67 bits per heavy atom. The predicted molar refractivity (Wildman–Crippen MR) is 88.6 cm³/mol. The minimum absolute atomic E-state index is 0.103. The van der Waals surface area contributed by atoms with Crippen molar-refractivity contribution >= 4 is 54.8 Å². The van der Waals surface area contributed by atoms with Gasteiger partial charge in [-0.1, -0.05) is 0 Å². The molecule has 0 radical (unpaired) electrons. The molecule has 8 heteroatoms. The third kappa shape index (κ3) is 3.90. The minimum Gasteiger partial charge on any atom is -0.337 e. The fraction of sp³-hybridized carbons (Fsp3) is 0.154. The number of rotatable bonds is 4. The van der Waals surface area contributed by atoms with Crippen LogP contribution >= 0.6 is 43.2 Å². The average Bonchev–Trinajstić information content (AvgIpc) is 2.83. The molecule has 0 unspecified atom stereocenters. The highest BCUT2D eigenvalue weighted by molar-refractivity contribution is 9.10. The Labute approximate surface area is 142 Å². The quantitative estimate of drug-likeness (QED) is 0.528. The molecular formula is C13H10Br2N2O3S. The number of non-ortho nitro benzene ring substituents is 1. The molecule has 0 bridgehead atoms. The fourth-order valence-electron chi connectivity index (χ4n) is 1.74. The highest BCUT2D eigenvalue weighted by Crippen LogP contribution is 2.25. The maximum Gasteiger partial charge on any atom is 0.270 e. The van der Waals surface area contributed by atoms with Gasteiger partial charge in [0, 0.05) is 38.4 Å². The van der Waals surface area contributed by atoms with Crippen LogP contribution in [0.25, 0.3) is 0 Å². The predicted octanol–water partition coefficient (Wildman–Crippen LogP) is 4.45. The van der Waals surface area contributed by atoms with Crippen LogP contribution in [0.5, 0.6) is 0 Å². The number of carbonyl (C=O) groups excluding carboxylic acids is 1. The molecule has 0 aliphatic carbocycles. The topological polar surface area (TPSA) is 63.5 Å². The van der Waals surface area contributed by atoms with Gasteiger partial charge in [0.2, 0.25) is 0 Å². The lowest BCUT2D eigenvalue weighted by molar-refractivity contribution is -0.384. The van der Waals surface area contributed by atoms with Gasteiger partial charge >= 0.3 is 0 Å². The van der Waals surface area contributed by atoms with E-state index in [-0.39, 0.29) is 17.2 Å². The fourth-order valence-corrected chi connectivity index (χ4v) is 3.66. The first-order valence-corrected chi connectivity index (χ1v) is 8.27. The van der Waals surface area contributed by atoms with Gasteiger partial charge in [0.1, 0.15) is 0 Å². The molecule has 0 N–H and O–H groups in total. The van der Waals surface area contributed by atoms with Crippen molar-refractivity contribution in [3.8, 4) is 0 Å². The van der Waals surface area contributed by atoms with Crippen molar-refractivity contribution in [3.63, 3.8) is 0 Å². The molecule has 5 nitrogen and oxygen atoms in total. The van der Waals surface area contributed by atoms with E-state index in [2.05, 4.69) is 31.9 Å². The number of halogens is 2. The van der Waals surface area contributed by atoms with E-state index < -0.39 is 4.92 Å². The summed E-state index contributed by atoms with van der Waals surface area (Å²) in [6.45, 7) is 0.449. The highest BCUT2D eigenvalue weighted by atomic mass is 79.9. The average molecular weight is 434 g/mol. The summed E-state index contributed by atoms with van der Waals surface area (Å²) in [7, 11) is 1.67. The van der Waals surface area contributed by atoms with Gasteiger partial charge in [-0.3, -0.25) is 14.9 Å². The van der Waals surface area contributed by atoms with Crippen molar-refractivity contribution in [2.75, 3.05) is 7.05 Å². The highest BCUT2D eigenvalue weighted by Gasteiger charge is 2.19. The molecule has 2 aromatic rings. The summed E-state index contributed by atoms with van der Waals surface area (Å²) in [6, 6.07) is 6.10. The molecule has 21 heavy (non-hydrogen) atoms. The van der Waals surface area contributed by atoms with Gasteiger partial charge in [0.25, 0.3) is 11.6 Å². The van der Waals surface area contributed by atoms with Crippen LogP contribution in [-0.4, -0.2) is 22.8 Å². The van der Waals surface area contributed by atoms with Crippen LogP contribution in [0, 0.1) is 10.1 Å². The first-order chi connectivity index (χ1) is 9.88.